The number of hydrogen-bond donors (Lipinski definition) is 4. The lowest BCUT2D eigenvalue weighted by molar-refractivity contribution is -0.160. The second-order valence-electron chi connectivity index (χ2n) is 17.9. The molecule has 8 atom stereocenters. The van der Waals surface area contributed by atoms with Crippen molar-refractivity contribution in [3.8, 4) is 0 Å². The van der Waals surface area contributed by atoms with Gasteiger partial charge in [0, 0.05) is 37.0 Å². The number of halogens is 1. The summed E-state index contributed by atoms with van der Waals surface area (Å²) in [7, 11) is 2.87. The number of nitrogens with zero attached hydrogens (tertiary/aromatic N) is 2. The molecular weight excluding hydrogens is 860 g/mol. The lowest BCUT2D eigenvalue weighted by Crippen LogP contribution is -2.60. The number of benzene rings is 1. The lowest BCUT2D eigenvalue weighted by Gasteiger charge is -2.35. The summed E-state index contributed by atoms with van der Waals surface area (Å²) in [6.07, 6.45) is 5.19. The normalized spacial score (nSPS) is 27.2. The zero-order chi connectivity index (χ0) is 48.6. The summed E-state index contributed by atoms with van der Waals surface area (Å²) in [5.74, 6) is -4.72. The number of carbonyl (C=O) groups is 7. The van der Waals surface area contributed by atoms with E-state index in [1.165, 1.54) is 56.4 Å². The van der Waals surface area contributed by atoms with Crippen molar-refractivity contribution in [2.75, 3.05) is 32.8 Å². The van der Waals surface area contributed by atoms with Crippen molar-refractivity contribution in [3.05, 3.63) is 58.1 Å². The molecule has 64 heavy (non-hydrogen) atoms. The molecular formula is C47H73ClN6O9S. The molecule has 358 valence electrons. The minimum atomic E-state index is -1.55. The number of ether oxygens (including phenoxy) is 2. The van der Waals surface area contributed by atoms with Crippen molar-refractivity contribution < 1.29 is 43.0 Å². The predicted molar refractivity (Wildman–Crippen MR) is 252 cm³/mol. The first-order chi connectivity index (χ1) is 29.9. The first kappa shape index (κ1) is 55.7. The summed E-state index contributed by atoms with van der Waals surface area (Å²) in [6.45, 7) is 18.7. The van der Waals surface area contributed by atoms with Crippen molar-refractivity contribution in [1.29, 1.82) is 0 Å². The topological polar surface area (TPSA) is 193 Å². The van der Waals surface area contributed by atoms with Crippen LogP contribution in [0.2, 0.25) is 5.02 Å². The van der Waals surface area contributed by atoms with Crippen LogP contribution in [-0.2, 0) is 49.5 Å². The van der Waals surface area contributed by atoms with Gasteiger partial charge in [-0.15, -0.1) is 11.8 Å². The largest absolute Gasteiger partial charge is 0.456 e. The first-order valence-corrected chi connectivity index (χ1v) is 23.8. The van der Waals surface area contributed by atoms with E-state index in [9.17, 15) is 33.6 Å². The third-order valence-electron chi connectivity index (χ3n) is 11.6. The van der Waals surface area contributed by atoms with Gasteiger partial charge in [0.05, 0.1) is 18.6 Å². The molecule has 0 saturated heterocycles. The first-order valence-electron chi connectivity index (χ1n) is 22.0. The molecule has 1 aliphatic heterocycles. The van der Waals surface area contributed by atoms with Gasteiger partial charge in [0.15, 0.2) is 0 Å². The molecule has 0 aromatic heterocycles. The van der Waals surface area contributed by atoms with Crippen LogP contribution < -0.4 is 21.3 Å². The Kier molecular flexibility index (Phi) is 22.6. The molecule has 15 nitrogen and oxygen atoms in total. The maximum atomic E-state index is 14.3. The van der Waals surface area contributed by atoms with Crippen molar-refractivity contribution in [1.82, 2.24) is 31.1 Å². The van der Waals surface area contributed by atoms with Gasteiger partial charge in [-0.25, -0.2) is 4.79 Å². The maximum absolute atomic E-state index is 14.3. The zero-order valence-corrected chi connectivity index (χ0v) is 41.8. The lowest BCUT2D eigenvalue weighted by atomic mass is 9.90. The highest BCUT2D eigenvalue weighted by molar-refractivity contribution is 7.98. The van der Waals surface area contributed by atoms with Crippen LogP contribution in [0.15, 0.2) is 47.6 Å². The molecule has 6 amide bonds. The molecule has 17 heteroatoms. The summed E-state index contributed by atoms with van der Waals surface area (Å²) in [6, 6.07) is 2.43. The number of carbonyl (C=O) groups excluding carboxylic acids is 7. The fraction of sp³-hybridized carbons (Fsp3) is 0.638. The Hall–Kier alpha value is -4.41. The molecule has 2 rings (SSSR count). The van der Waals surface area contributed by atoms with E-state index in [2.05, 4.69) is 21.3 Å². The summed E-state index contributed by atoms with van der Waals surface area (Å²) in [5, 5.41) is 11.6. The molecule has 0 saturated carbocycles. The molecule has 1 heterocycles. The van der Waals surface area contributed by atoms with Crippen LogP contribution >= 0.6 is 23.4 Å². The predicted octanol–water partition coefficient (Wildman–Crippen LogP) is 5.20. The van der Waals surface area contributed by atoms with Crippen LogP contribution in [-0.4, -0.2) is 126 Å². The molecule has 0 radical (unpaired) electrons. The average molecular weight is 934 g/mol. The zero-order valence-electron chi connectivity index (χ0n) is 40.3. The van der Waals surface area contributed by atoms with E-state index in [1.807, 2.05) is 53.9 Å². The van der Waals surface area contributed by atoms with E-state index in [-0.39, 0.29) is 31.1 Å². The van der Waals surface area contributed by atoms with Crippen molar-refractivity contribution in [2.24, 2.45) is 17.8 Å². The Morgan fingerprint density at radius 3 is 2.17 bits per heavy atom. The number of allylic oxidation sites excluding steroid dienone is 1. The Balaban J connectivity index is 2.73. The number of esters is 1. The van der Waals surface area contributed by atoms with E-state index in [0.717, 1.165) is 5.57 Å². The molecule has 0 spiro atoms. The van der Waals surface area contributed by atoms with Crippen molar-refractivity contribution in [3.63, 3.8) is 0 Å². The molecule has 0 bridgehead atoms. The molecule has 0 aliphatic carbocycles. The van der Waals surface area contributed by atoms with Gasteiger partial charge in [0.2, 0.25) is 35.4 Å². The van der Waals surface area contributed by atoms with Crippen molar-refractivity contribution in [2.45, 2.75) is 144 Å². The highest BCUT2D eigenvalue weighted by atomic mass is 35.5. The van der Waals surface area contributed by atoms with Crippen LogP contribution in [0.4, 0.5) is 0 Å². The van der Waals surface area contributed by atoms with E-state index in [0.29, 0.717) is 28.5 Å². The molecule has 1 aromatic rings. The van der Waals surface area contributed by atoms with Crippen LogP contribution in [0.5, 0.6) is 0 Å². The van der Waals surface area contributed by atoms with Gasteiger partial charge in [-0.05, 0) is 95.7 Å². The third kappa shape index (κ3) is 16.5. The summed E-state index contributed by atoms with van der Waals surface area (Å²) >= 11 is 7.61. The Labute approximate surface area is 390 Å². The molecule has 4 N–H and O–H groups in total. The number of likely N-dealkylation sites (N-methyl/N-ethyl adjacent to an activating group) is 2. The van der Waals surface area contributed by atoms with E-state index < -0.39 is 95.8 Å². The minimum Gasteiger partial charge on any atom is -0.456 e. The number of nitrogens with one attached hydrogen (secondary N) is 4. The number of hydrogen-bond acceptors (Lipinski definition) is 10. The number of cyclic esters (lactones) is 1. The molecule has 1 unspecified atom stereocenters. The van der Waals surface area contributed by atoms with Crippen molar-refractivity contribution >= 4 is 64.8 Å². The number of thioether (sulfide) groups is 1. The maximum Gasteiger partial charge on any atom is 0.331 e. The van der Waals surface area contributed by atoms with E-state index in [1.54, 1.807) is 44.2 Å². The van der Waals surface area contributed by atoms with Gasteiger partial charge >= 0.3 is 5.97 Å². The van der Waals surface area contributed by atoms with Crippen LogP contribution in [0, 0.1) is 17.8 Å². The van der Waals surface area contributed by atoms with E-state index in [4.69, 9.17) is 21.1 Å². The molecule has 1 aromatic carbocycles. The summed E-state index contributed by atoms with van der Waals surface area (Å²) < 4.78 is 12.5. The quantitative estimate of drug-likeness (QED) is 0.138. The SMILES string of the molecule is C/C=C(\C)[C@H]1OC(=O)C(C)(C)NC(=O)[C@H](C(C)CC)NC(=O)CN(C)C(=O)[C@@H](Cc2ccc(Cl)cc2)N(C)C(=O)[C@H](C)NC(=O)[C@@H](CC(C)C)NC(=O)/C(C)=C/C[C@H](OCSC)[C@@H]1C. The van der Waals surface area contributed by atoms with E-state index >= 15 is 0 Å². The van der Waals surface area contributed by atoms with Gasteiger partial charge in [-0.3, -0.25) is 28.8 Å². The fourth-order valence-corrected chi connectivity index (χ4v) is 7.60. The molecule has 0 fully saturated rings. The van der Waals surface area contributed by atoms with Crippen LogP contribution in [0.3, 0.4) is 0 Å². The van der Waals surface area contributed by atoms with Crippen LogP contribution in [0.1, 0.15) is 101 Å². The Bertz CT molecular complexity index is 1860. The fourth-order valence-electron chi connectivity index (χ4n) is 7.16. The average Bonchev–Trinajstić information content (AvgIpc) is 3.24. The van der Waals surface area contributed by atoms with Gasteiger partial charge < -0.3 is 40.5 Å². The number of rotatable bonds is 10. The second kappa shape index (κ2) is 25.9. The Morgan fingerprint density at radius 1 is 0.984 bits per heavy atom. The monoisotopic (exact) mass is 932 g/mol. The molecule has 1 aliphatic rings. The second-order valence-corrected chi connectivity index (χ2v) is 19.1. The number of amides is 6. The third-order valence-corrected chi connectivity index (χ3v) is 12.3. The highest BCUT2D eigenvalue weighted by Crippen LogP contribution is 2.27. The van der Waals surface area contributed by atoms with Gasteiger partial charge in [-0.1, -0.05) is 76.9 Å². The smallest absolute Gasteiger partial charge is 0.331 e. The standard InChI is InChI=1S/C47H73ClN6O9S/c1-15-28(5)39-43(58)52-47(10,11)46(61)63-40(29(6)16-2)31(8)37(62-26-64-14)22-17-30(7)41(56)50-35(23-27(3)4)42(57)49-32(9)44(59)54(13)36(24-33-18-20-34(48)21-19-33)45(60)53(12)25-38(55)51-39/h16-21,27-28,31-32,35-37,39-40H,15,22-26H2,1-14H3,(H,49,57)(H,50,56)(H,51,55)(H,52,58)/b29-16+,30-17+/t28?,31-,32-,35+,36+,37-,39-,40+/m0/s1. The Morgan fingerprint density at radius 2 is 1.61 bits per heavy atom. The van der Waals surface area contributed by atoms with Gasteiger partial charge in [-0.2, -0.15) is 0 Å². The van der Waals surface area contributed by atoms with Crippen LogP contribution in [0.25, 0.3) is 0 Å². The van der Waals surface area contributed by atoms with Gasteiger partial charge in [0.25, 0.3) is 0 Å². The minimum absolute atomic E-state index is 0.0121. The van der Waals surface area contributed by atoms with Gasteiger partial charge in [0.1, 0.15) is 35.8 Å². The summed E-state index contributed by atoms with van der Waals surface area (Å²) in [5.41, 5.74) is 0.196. The highest BCUT2D eigenvalue weighted by Gasteiger charge is 2.40. The summed E-state index contributed by atoms with van der Waals surface area (Å²) in [4.78, 5) is 100.